The summed E-state index contributed by atoms with van der Waals surface area (Å²) in [6, 6.07) is 5.22. The van der Waals surface area contributed by atoms with Crippen LogP contribution in [-0.2, 0) is 4.79 Å². The van der Waals surface area contributed by atoms with E-state index in [9.17, 15) is 9.90 Å². The standard InChI is InChI=1S/C21H32N4O4/c1-5-6-7-8-19(27)24-15-9-10-18(17(11-15)20-25-23-14-29-20)28-13-16(26)12-22-21(2,3)4/h9-11,14,16,22,26H,5-8,12-13H2,1-4H3,(H,24,27). The van der Waals surface area contributed by atoms with Crippen molar-refractivity contribution in [1.82, 2.24) is 15.5 Å². The van der Waals surface area contributed by atoms with Gasteiger partial charge in [-0.15, -0.1) is 10.2 Å². The lowest BCUT2D eigenvalue weighted by Crippen LogP contribution is -2.42. The smallest absolute Gasteiger partial charge is 0.251 e. The predicted molar refractivity (Wildman–Crippen MR) is 112 cm³/mol. The minimum absolute atomic E-state index is 0.0349. The Morgan fingerprint density at radius 2 is 2.10 bits per heavy atom. The van der Waals surface area contributed by atoms with Crippen molar-refractivity contribution in [2.24, 2.45) is 0 Å². The number of amides is 1. The molecule has 0 spiro atoms. The molecular weight excluding hydrogens is 372 g/mol. The van der Waals surface area contributed by atoms with Crippen molar-refractivity contribution in [3.63, 3.8) is 0 Å². The first-order valence-electron chi connectivity index (χ1n) is 10.0. The minimum Gasteiger partial charge on any atom is -0.490 e. The van der Waals surface area contributed by atoms with E-state index in [0.717, 1.165) is 19.3 Å². The second kappa shape index (κ2) is 10.9. The Balaban J connectivity index is 2.05. The maximum atomic E-state index is 12.1. The number of carbonyl (C=O) groups is 1. The molecule has 0 radical (unpaired) electrons. The van der Waals surface area contributed by atoms with Gasteiger partial charge in [0.25, 0.3) is 5.89 Å². The summed E-state index contributed by atoms with van der Waals surface area (Å²) in [6.45, 7) is 8.71. The highest BCUT2D eigenvalue weighted by Gasteiger charge is 2.16. The molecule has 1 atom stereocenters. The Labute approximate surface area is 172 Å². The Hall–Kier alpha value is -2.45. The third-order valence-corrected chi connectivity index (χ3v) is 4.16. The summed E-state index contributed by atoms with van der Waals surface area (Å²) in [5.74, 6) is 0.740. The molecule has 8 heteroatoms. The average Bonchev–Trinajstić information content (AvgIpc) is 3.19. The minimum atomic E-state index is -0.678. The molecular formula is C21H32N4O4. The summed E-state index contributed by atoms with van der Waals surface area (Å²) >= 11 is 0. The van der Waals surface area contributed by atoms with Crippen molar-refractivity contribution in [3.8, 4) is 17.2 Å². The highest BCUT2D eigenvalue weighted by Crippen LogP contribution is 2.31. The summed E-state index contributed by atoms with van der Waals surface area (Å²) in [6.07, 6.45) is 3.99. The number of nitrogens with one attached hydrogen (secondary N) is 2. The summed E-state index contributed by atoms with van der Waals surface area (Å²) in [5, 5.41) is 23.9. The molecule has 160 valence electrons. The van der Waals surface area contributed by atoms with E-state index in [-0.39, 0.29) is 23.9 Å². The molecule has 29 heavy (non-hydrogen) atoms. The largest absolute Gasteiger partial charge is 0.490 e. The average molecular weight is 405 g/mol. The van der Waals surface area contributed by atoms with Crippen LogP contribution in [0.1, 0.15) is 53.4 Å². The summed E-state index contributed by atoms with van der Waals surface area (Å²) in [7, 11) is 0. The number of aliphatic hydroxyl groups excluding tert-OH is 1. The maximum absolute atomic E-state index is 12.1. The summed E-state index contributed by atoms with van der Waals surface area (Å²) < 4.78 is 11.1. The molecule has 1 amide bonds. The fourth-order valence-corrected chi connectivity index (χ4v) is 2.62. The van der Waals surface area contributed by atoms with Crippen LogP contribution in [0.15, 0.2) is 29.0 Å². The van der Waals surface area contributed by atoms with Gasteiger partial charge in [0.2, 0.25) is 12.3 Å². The van der Waals surface area contributed by atoms with Gasteiger partial charge in [-0.2, -0.15) is 0 Å². The van der Waals surface area contributed by atoms with Gasteiger partial charge < -0.3 is 24.9 Å². The zero-order valence-corrected chi connectivity index (χ0v) is 17.7. The molecule has 8 nitrogen and oxygen atoms in total. The number of hydrogen-bond donors (Lipinski definition) is 3. The molecule has 1 aromatic carbocycles. The molecule has 0 saturated heterocycles. The molecule has 0 fully saturated rings. The third-order valence-electron chi connectivity index (χ3n) is 4.16. The van der Waals surface area contributed by atoms with Crippen LogP contribution in [0.4, 0.5) is 5.69 Å². The molecule has 1 aromatic heterocycles. The van der Waals surface area contributed by atoms with Crippen molar-refractivity contribution in [2.75, 3.05) is 18.5 Å². The number of unbranched alkanes of at least 4 members (excludes halogenated alkanes) is 2. The number of rotatable bonds is 11. The van der Waals surface area contributed by atoms with E-state index in [1.54, 1.807) is 18.2 Å². The molecule has 0 bridgehead atoms. The van der Waals surface area contributed by atoms with Gasteiger partial charge in [-0.25, -0.2) is 0 Å². The van der Waals surface area contributed by atoms with Crippen LogP contribution < -0.4 is 15.4 Å². The van der Waals surface area contributed by atoms with Crippen molar-refractivity contribution >= 4 is 11.6 Å². The van der Waals surface area contributed by atoms with Crippen molar-refractivity contribution in [3.05, 3.63) is 24.6 Å². The maximum Gasteiger partial charge on any atom is 0.251 e. The van der Waals surface area contributed by atoms with Crippen LogP contribution in [0.3, 0.4) is 0 Å². The van der Waals surface area contributed by atoms with E-state index in [0.29, 0.717) is 30.0 Å². The molecule has 2 rings (SSSR count). The SMILES string of the molecule is CCCCCC(=O)Nc1ccc(OCC(O)CNC(C)(C)C)c(-c2nnco2)c1. The quantitative estimate of drug-likeness (QED) is 0.493. The van der Waals surface area contributed by atoms with Crippen molar-refractivity contribution in [2.45, 2.75) is 65.0 Å². The monoisotopic (exact) mass is 404 g/mol. The lowest BCUT2D eigenvalue weighted by atomic mass is 10.1. The molecule has 0 aliphatic carbocycles. The number of carbonyl (C=O) groups excluding carboxylic acids is 1. The van der Waals surface area contributed by atoms with Gasteiger partial charge in [0, 0.05) is 24.2 Å². The van der Waals surface area contributed by atoms with Gasteiger partial charge in [-0.1, -0.05) is 19.8 Å². The van der Waals surface area contributed by atoms with Gasteiger partial charge >= 0.3 is 0 Å². The number of β-amino-alcohol motifs (C(OH)–C–C–N with tert-alkyl or cyclic N) is 1. The summed E-state index contributed by atoms with van der Waals surface area (Å²) in [5.41, 5.74) is 1.10. The van der Waals surface area contributed by atoms with Crippen molar-refractivity contribution in [1.29, 1.82) is 0 Å². The lowest BCUT2D eigenvalue weighted by molar-refractivity contribution is -0.116. The van der Waals surface area contributed by atoms with Crippen LogP contribution in [0.25, 0.3) is 11.5 Å². The van der Waals surface area contributed by atoms with E-state index in [2.05, 4.69) is 27.8 Å². The van der Waals surface area contributed by atoms with Gasteiger partial charge in [0.15, 0.2) is 0 Å². The van der Waals surface area contributed by atoms with Crippen molar-refractivity contribution < 1.29 is 19.1 Å². The number of benzene rings is 1. The number of anilines is 1. The number of hydrogen-bond acceptors (Lipinski definition) is 7. The lowest BCUT2D eigenvalue weighted by Gasteiger charge is -2.23. The Bertz CT molecular complexity index is 757. The summed E-state index contributed by atoms with van der Waals surface area (Å²) in [4.78, 5) is 12.1. The Kier molecular flexibility index (Phi) is 8.60. The highest BCUT2D eigenvalue weighted by atomic mass is 16.5. The van der Waals surface area contributed by atoms with Gasteiger partial charge in [-0.05, 0) is 45.4 Å². The predicted octanol–water partition coefficient (Wildman–Crippen LogP) is 3.38. The topological polar surface area (TPSA) is 110 Å². The van der Waals surface area contributed by atoms with E-state index in [1.165, 1.54) is 6.39 Å². The van der Waals surface area contributed by atoms with Gasteiger partial charge in [-0.3, -0.25) is 4.79 Å². The molecule has 3 N–H and O–H groups in total. The van der Waals surface area contributed by atoms with Crippen LogP contribution >= 0.6 is 0 Å². The zero-order valence-electron chi connectivity index (χ0n) is 17.7. The molecule has 0 saturated carbocycles. The number of ether oxygens (including phenoxy) is 1. The number of aromatic nitrogens is 2. The fourth-order valence-electron chi connectivity index (χ4n) is 2.62. The normalized spacial score (nSPS) is 12.6. The molecule has 1 heterocycles. The van der Waals surface area contributed by atoms with Crippen LogP contribution in [0.5, 0.6) is 5.75 Å². The van der Waals surface area contributed by atoms with E-state index < -0.39 is 6.10 Å². The highest BCUT2D eigenvalue weighted by molar-refractivity contribution is 5.91. The van der Waals surface area contributed by atoms with E-state index in [4.69, 9.17) is 9.15 Å². The van der Waals surface area contributed by atoms with E-state index in [1.807, 2.05) is 20.8 Å². The van der Waals surface area contributed by atoms with E-state index >= 15 is 0 Å². The van der Waals surface area contributed by atoms with Crippen LogP contribution in [-0.4, -0.2) is 46.0 Å². The fraction of sp³-hybridized carbons (Fsp3) is 0.571. The Morgan fingerprint density at radius 1 is 1.31 bits per heavy atom. The van der Waals surface area contributed by atoms with Crippen LogP contribution in [0, 0.1) is 0 Å². The van der Waals surface area contributed by atoms with Gasteiger partial charge in [0.05, 0.1) is 5.56 Å². The number of nitrogens with zero attached hydrogens (tertiary/aromatic N) is 2. The second-order valence-corrected chi connectivity index (χ2v) is 8.06. The first-order chi connectivity index (χ1) is 13.8. The number of aliphatic hydroxyl groups is 1. The molecule has 0 aliphatic heterocycles. The second-order valence-electron chi connectivity index (χ2n) is 8.06. The first-order valence-corrected chi connectivity index (χ1v) is 10.0. The zero-order chi connectivity index (χ0) is 21.3. The molecule has 0 aliphatic rings. The third kappa shape index (κ3) is 8.21. The first kappa shape index (κ1) is 22.8. The van der Waals surface area contributed by atoms with Crippen LogP contribution in [0.2, 0.25) is 0 Å². The molecule has 2 aromatic rings. The Morgan fingerprint density at radius 3 is 2.76 bits per heavy atom. The van der Waals surface area contributed by atoms with Gasteiger partial charge in [0.1, 0.15) is 18.5 Å². The molecule has 1 unspecified atom stereocenters.